The van der Waals surface area contributed by atoms with E-state index in [9.17, 15) is 9.59 Å². The van der Waals surface area contributed by atoms with Crippen LogP contribution in [0.25, 0.3) is 10.8 Å². The molecule has 1 atom stereocenters. The van der Waals surface area contributed by atoms with Gasteiger partial charge in [0.2, 0.25) is 0 Å². The number of fused-ring (bicyclic) bond motifs is 1. The van der Waals surface area contributed by atoms with Crippen molar-refractivity contribution in [3.05, 3.63) is 71.0 Å². The summed E-state index contributed by atoms with van der Waals surface area (Å²) in [6.07, 6.45) is 2.01. The number of nitrogens with one attached hydrogen (secondary N) is 1. The molecule has 1 N–H and O–H groups in total. The molecule has 126 valence electrons. The molecule has 0 saturated heterocycles. The van der Waals surface area contributed by atoms with E-state index in [0.29, 0.717) is 10.2 Å². The summed E-state index contributed by atoms with van der Waals surface area (Å²) in [7, 11) is 0. The van der Waals surface area contributed by atoms with Gasteiger partial charge in [-0.3, -0.25) is 9.78 Å². The molecule has 25 heavy (non-hydrogen) atoms. The number of halogens is 1. The highest BCUT2D eigenvalue weighted by atomic mass is 79.9. The fourth-order valence-electron chi connectivity index (χ4n) is 2.37. The predicted octanol–water partition coefficient (Wildman–Crippen LogP) is 4.18. The normalized spacial score (nSPS) is 11.8. The molecule has 1 amide bonds. The van der Waals surface area contributed by atoms with Crippen molar-refractivity contribution in [2.24, 2.45) is 0 Å². The van der Waals surface area contributed by atoms with E-state index in [-0.39, 0.29) is 5.56 Å². The van der Waals surface area contributed by atoms with Crippen LogP contribution >= 0.6 is 15.9 Å². The van der Waals surface area contributed by atoms with Crippen LogP contribution in [0.5, 0.6) is 0 Å². The van der Waals surface area contributed by atoms with Crippen LogP contribution in [-0.4, -0.2) is 23.0 Å². The van der Waals surface area contributed by atoms with E-state index in [0.717, 1.165) is 10.8 Å². The zero-order valence-electron chi connectivity index (χ0n) is 13.4. The Hall–Kier alpha value is -2.73. The third-order valence-corrected chi connectivity index (χ3v) is 4.07. The maximum absolute atomic E-state index is 12.4. The molecule has 1 aromatic heterocycles. The summed E-state index contributed by atoms with van der Waals surface area (Å²) < 4.78 is 5.89. The molecule has 3 aromatic rings. The number of anilines is 1. The van der Waals surface area contributed by atoms with Gasteiger partial charge in [-0.05, 0) is 40.4 Å². The molecule has 0 aliphatic carbocycles. The highest BCUT2D eigenvalue weighted by Gasteiger charge is 2.20. The molecule has 2 aromatic carbocycles. The van der Waals surface area contributed by atoms with Crippen LogP contribution in [0.2, 0.25) is 0 Å². The van der Waals surface area contributed by atoms with Crippen molar-refractivity contribution in [1.29, 1.82) is 0 Å². The Kier molecular flexibility index (Phi) is 5.09. The van der Waals surface area contributed by atoms with E-state index in [2.05, 4.69) is 26.2 Å². The monoisotopic (exact) mass is 398 g/mol. The summed E-state index contributed by atoms with van der Waals surface area (Å²) in [5.41, 5.74) is 0.953. The lowest BCUT2D eigenvalue weighted by molar-refractivity contribution is -0.123. The summed E-state index contributed by atoms with van der Waals surface area (Å²) in [5, 5.41) is 4.75. The number of amides is 1. The van der Waals surface area contributed by atoms with Gasteiger partial charge < -0.3 is 10.1 Å². The lowest BCUT2D eigenvalue weighted by Gasteiger charge is -2.14. The minimum absolute atomic E-state index is 0.277. The molecule has 5 nitrogen and oxygen atoms in total. The van der Waals surface area contributed by atoms with Crippen molar-refractivity contribution < 1.29 is 14.3 Å². The van der Waals surface area contributed by atoms with Crippen LogP contribution in [0, 0.1) is 0 Å². The number of carbonyl (C=O) groups excluding carboxylic acids is 2. The third kappa shape index (κ3) is 4.03. The zero-order chi connectivity index (χ0) is 17.8. The van der Waals surface area contributed by atoms with E-state index < -0.39 is 18.0 Å². The molecule has 0 aliphatic heterocycles. The van der Waals surface area contributed by atoms with Gasteiger partial charge in [-0.15, -0.1) is 0 Å². The summed E-state index contributed by atoms with van der Waals surface area (Å²) in [6, 6.07) is 15.0. The summed E-state index contributed by atoms with van der Waals surface area (Å²) in [6.45, 7) is 1.53. The second-order valence-corrected chi connectivity index (χ2v) is 6.37. The van der Waals surface area contributed by atoms with Crippen molar-refractivity contribution >= 4 is 44.3 Å². The van der Waals surface area contributed by atoms with Gasteiger partial charge in [-0.2, -0.15) is 0 Å². The molecule has 0 bridgehead atoms. The van der Waals surface area contributed by atoms with Gasteiger partial charge in [0, 0.05) is 27.9 Å². The number of pyridine rings is 1. The number of rotatable bonds is 4. The second-order valence-electron chi connectivity index (χ2n) is 5.46. The molecule has 0 saturated carbocycles. The van der Waals surface area contributed by atoms with Crippen LogP contribution in [0.3, 0.4) is 0 Å². The average molecular weight is 399 g/mol. The molecular formula is C19H15BrN2O3. The molecule has 0 spiro atoms. The Morgan fingerprint density at radius 1 is 1.12 bits per heavy atom. The number of benzene rings is 2. The Morgan fingerprint density at radius 2 is 1.88 bits per heavy atom. The highest BCUT2D eigenvalue weighted by molar-refractivity contribution is 9.10. The first-order valence-electron chi connectivity index (χ1n) is 7.65. The van der Waals surface area contributed by atoms with E-state index in [1.807, 2.05) is 42.5 Å². The number of nitrogens with zero attached hydrogens (tertiary/aromatic N) is 1. The summed E-state index contributed by atoms with van der Waals surface area (Å²) in [5.74, 6) is -0.998. The van der Waals surface area contributed by atoms with Crippen molar-refractivity contribution in [1.82, 2.24) is 4.98 Å². The van der Waals surface area contributed by atoms with Crippen molar-refractivity contribution in [3.63, 3.8) is 0 Å². The van der Waals surface area contributed by atoms with Crippen LogP contribution in [0.4, 0.5) is 5.69 Å². The second kappa shape index (κ2) is 7.44. The fraction of sp³-hybridized carbons (Fsp3) is 0.105. The minimum Gasteiger partial charge on any atom is -0.449 e. The standard InChI is InChI=1S/C19H15BrN2O3/c1-12(25-19(24)14-9-15(20)11-21-10-14)18(23)22-17-8-4-6-13-5-2-3-7-16(13)17/h2-12H,1H3,(H,22,23)/t12-/m0/s1. The number of hydrogen-bond acceptors (Lipinski definition) is 4. The molecule has 0 aliphatic rings. The largest absolute Gasteiger partial charge is 0.449 e. The number of esters is 1. The van der Waals surface area contributed by atoms with Gasteiger partial charge in [0.25, 0.3) is 5.91 Å². The Bertz CT molecular complexity index is 937. The first-order chi connectivity index (χ1) is 12.0. The van der Waals surface area contributed by atoms with Gasteiger partial charge >= 0.3 is 5.97 Å². The predicted molar refractivity (Wildman–Crippen MR) is 99.4 cm³/mol. The van der Waals surface area contributed by atoms with Gasteiger partial charge in [-0.1, -0.05) is 36.4 Å². The van der Waals surface area contributed by atoms with Crippen LogP contribution < -0.4 is 5.32 Å². The Morgan fingerprint density at radius 3 is 2.68 bits per heavy atom. The minimum atomic E-state index is -0.939. The highest BCUT2D eigenvalue weighted by Crippen LogP contribution is 2.23. The Labute approximate surface area is 153 Å². The number of hydrogen-bond donors (Lipinski definition) is 1. The smallest absolute Gasteiger partial charge is 0.340 e. The number of aromatic nitrogens is 1. The van der Waals surface area contributed by atoms with E-state index >= 15 is 0 Å². The number of ether oxygens (including phenoxy) is 1. The fourth-order valence-corrected chi connectivity index (χ4v) is 2.74. The molecule has 0 fully saturated rings. The van der Waals surface area contributed by atoms with Gasteiger partial charge in [0.1, 0.15) is 0 Å². The van der Waals surface area contributed by atoms with Crippen LogP contribution in [0.1, 0.15) is 17.3 Å². The molecule has 1 heterocycles. The van der Waals surface area contributed by atoms with Crippen molar-refractivity contribution in [2.45, 2.75) is 13.0 Å². The number of carbonyl (C=O) groups is 2. The molecule has 3 rings (SSSR count). The summed E-state index contributed by atoms with van der Waals surface area (Å²) in [4.78, 5) is 28.4. The molecule has 6 heteroatoms. The topological polar surface area (TPSA) is 68.3 Å². The van der Waals surface area contributed by atoms with E-state index in [1.54, 1.807) is 12.3 Å². The maximum Gasteiger partial charge on any atom is 0.340 e. The lowest BCUT2D eigenvalue weighted by atomic mass is 10.1. The Balaban J connectivity index is 1.71. The zero-order valence-corrected chi connectivity index (χ0v) is 15.0. The lowest BCUT2D eigenvalue weighted by Crippen LogP contribution is -2.30. The molecule has 0 unspecified atom stereocenters. The molecule has 0 radical (unpaired) electrons. The average Bonchev–Trinajstić information content (AvgIpc) is 2.62. The quantitative estimate of drug-likeness (QED) is 0.669. The third-order valence-electron chi connectivity index (χ3n) is 3.64. The van der Waals surface area contributed by atoms with Crippen LogP contribution in [0.15, 0.2) is 65.4 Å². The van der Waals surface area contributed by atoms with Crippen molar-refractivity contribution in [2.75, 3.05) is 5.32 Å². The van der Waals surface area contributed by atoms with Crippen molar-refractivity contribution in [3.8, 4) is 0 Å². The van der Waals surface area contributed by atoms with Gasteiger partial charge in [0.15, 0.2) is 6.10 Å². The maximum atomic E-state index is 12.4. The van der Waals surface area contributed by atoms with Gasteiger partial charge in [0.05, 0.1) is 5.56 Å². The van der Waals surface area contributed by atoms with Crippen LogP contribution in [-0.2, 0) is 9.53 Å². The SMILES string of the molecule is C[C@H](OC(=O)c1cncc(Br)c1)C(=O)Nc1cccc2ccccc12. The van der Waals surface area contributed by atoms with Gasteiger partial charge in [-0.25, -0.2) is 4.79 Å². The summed E-state index contributed by atoms with van der Waals surface area (Å²) >= 11 is 3.24. The van der Waals surface area contributed by atoms with E-state index in [1.165, 1.54) is 13.1 Å². The first kappa shape index (κ1) is 17.1. The molecular weight excluding hydrogens is 384 g/mol. The first-order valence-corrected chi connectivity index (χ1v) is 8.44. The van der Waals surface area contributed by atoms with E-state index in [4.69, 9.17) is 4.74 Å².